The predicted octanol–water partition coefficient (Wildman–Crippen LogP) is 14.8. The maximum Gasteiger partial charge on any atom is 0.164 e. The molecule has 0 radical (unpaired) electrons. The first-order valence-electron chi connectivity index (χ1n) is 20.7. The molecule has 0 fully saturated rings. The molecule has 12 aromatic rings. The molecule has 0 unspecified atom stereocenters. The van der Waals surface area contributed by atoms with E-state index in [4.69, 9.17) is 15.0 Å². The SMILES string of the molecule is c1ccc(-c2cccc(-c3nc(-c4ccccc4)nc(-c4ccc5c6ccc(-c7ccc8c(c7)c7ccccc7n8-c7ccccc7)cc6c6ccccc6c5c4)n3)c2)cc1. The number of fused-ring (bicyclic) bond motifs is 9. The third-order valence-electron chi connectivity index (χ3n) is 12.0. The Bertz CT molecular complexity index is 3610. The first kappa shape index (κ1) is 34.8. The molecule has 2 aromatic heterocycles. The van der Waals surface area contributed by atoms with E-state index >= 15 is 0 Å². The molecule has 0 N–H and O–H groups in total. The summed E-state index contributed by atoms with van der Waals surface area (Å²) in [4.78, 5) is 15.3. The minimum absolute atomic E-state index is 0.638. The second-order valence-corrected chi connectivity index (χ2v) is 15.6. The Morgan fingerprint density at radius 3 is 1.31 bits per heavy atom. The van der Waals surface area contributed by atoms with E-state index in [2.05, 4.69) is 199 Å². The number of benzene rings is 10. The lowest BCUT2D eigenvalue weighted by molar-refractivity contribution is 1.07. The third-order valence-corrected chi connectivity index (χ3v) is 12.0. The number of hydrogen-bond donors (Lipinski definition) is 0. The Balaban J connectivity index is 1.00. The molecular formula is C57H36N4. The molecule has 61 heavy (non-hydrogen) atoms. The van der Waals surface area contributed by atoms with Crippen LogP contribution in [-0.4, -0.2) is 19.5 Å². The highest BCUT2D eigenvalue weighted by atomic mass is 15.0. The van der Waals surface area contributed by atoms with E-state index in [1.54, 1.807) is 0 Å². The highest BCUT2D eigenvalue weighted by molar-refractivity contribution is 6.26. The third kappa shape index (κ3) is 5.96. The van der Waals surface area contributed by atoms with E-state index in [9.17, 15) is 0 Å². The Kier molecular flexibility index (Phi) is 8.13. The fraction of sp³-hybridized carbons (Fsp3) is 0. The summed E-state index contributed by atoms with van der Waals surface area (Å²) in [5, 5.41) is 9.70. The monoisotopic (exact) mass is 776 g/mol. The summed E-state index contributed by atoms with van der Waals surface area (Å²) in [6.45, 7) is 0. The smallest absolute Gasteiger partial charge is 0.164 e. The van der Waals surface area contributed by atoms with Crippen LogP contribution in [0.2, 0.25) is 0 Å². The topological polar surface area (TPSA) is 43.6 Å². The Hall–Kier alpha value is -8.21. The molecular weight excluding hydrogens is 741 g/mol. The molecule has 0 spiro atoms. The van der Waals surface area contributed by atoms with E-state index < -0.39 is 0 Å². The molecule has 4 heteroatoms. The largest absolute Gasteiger partial charge is 0.309 e. The van der Waals surface area contributed by atoms with Gasteiger partial charge < -0.3 is 4.57 Å². The van der Waals surface area contributed by atoms with Crippen LogP contribution < -0.4 is 0 Å². The molecule has 4 nitrogen and oxygen atoms in total. The number of rotatable bonds is 6. The quantitative estimate of drug-likeness (QED) is 0.158. The van der Waals surface area contributed by atoms with Gasteiger partial charge in [0.1, 0.15) is 0 Å². The molecule has 0 atom stereocenters. The number of nitrogens with zero attached hydrogens (tertiary/aromatic N) is 4. The summed E-state index contributed by atoms with van der Waals surface area (Å²) >= 11 is 0. The summed E-state index contributed by atoms with van der Waals surface area (Å²) in [5.41, 5.74) is 11.0. The van der Waals surface area contributed by atoms with Crippen molar-refractivity contribution in [2.75, 3.05) is 0 Å². The summed E-state index contributed by atoms with van der Waals surface area (Å²) in [6, 6.07) is 77.7. The second-order valence-electron chi connectivity index (χ2n) is 15.6. The molecule has 0 saturated carbocycles. The molecule has 0 aliphatic carbocycles. The van der Waals surface area contributed by atoms with Crippen LogP contribution in [0.25, 0.3) is 116 Å². The molecule has 284 valence electrons. The van der Waals surface area contributed by atoms with Crippen molar-refractivity contribution < 1.29 is 0 Å². The summed E-state index contributed by atoms with van der Waals surface area (Å²) in [6.07, 6.45) is 0. The first-order valence-corrected chi connectivity index (χ1v) is 20.7. The van der Waals surface area contributed by atoms with Crippen LogP contribution in [0.4, 0.5) is 0 Å². The van der Waals surface area contributed by atoms with Gasteiger partial charge in [-0.25, -0.2) is 15.0 Å². The van der Waals surface area contributed by atoms with E-state index in [1.807, 2.05) is 24.3 Å². The fourth-order valence-electron chi connectivity index (χ4n) is 9.10. The van der Waals surface area contributed by atoms with Crippen LogP contribution in [0.15, 0.2) is 218 Å². The zero-order chi connectivity index (χ0) is 40.3. The average molecular weight is 777 g/mol. The van der Waals surface area contributed by atoms with Gasteiger partial charge in [-0.15, -0.1) is 0 Å². The first-order chi connectivity index (χ1) is 30.2. The van der Waals surface area contributed by atoms with Gasteiger partial charge in [0, 0.05) is 33.2 Å². The molecule has 0 aliphatic heterocycles. The zero-order valence-corrected chi connectivity index (χ0v) is 33.1. The Morgan fingerprint density at radius 1 is 0.230 bits per heavy atom. The van der Waals surface area contributed by atoms with Gasteiger partial charge in [-0.3, -0.25) is 0 Å². The van der Waals surface area contributed by atoms with Crippen LogP contribution >= 0.6 is 0 Å². The van der Waals surface area contributed by atoms with Gasteiger partial charge in [0.25, 0.3) is 0 Å². The van der Waals surface area contributed by atoms with Crippen molar-refractivity contribution in [2.24, 2.45) is 0 Å². The van der Waals surface area contributed by atoms with Crippen molar-refractivity contribution >= 4 is 54.1 Å². The van der Waals surface area contributed by atoms with Crippen LogP contribution in [0.3, 0.4) is 0 Å². The number of aromatic nitrogens is 4. The van der Waals surface area contributed by atoms with Gasteiger partial charge in [0.05, 0.1) is 11.0 Å². The molecule has 10 aromatic carbocycles. The highest BCUT2D eigenvalue weighted by Crippen LogP contribution is 2.41. The molecule has 0 aliphatic rings. The van der Waals surface area contributed by atoms with Gasteiger partial charge in [-0.05, 0) is 103 Å². The van der Waals surface area contributed by atoms with Crippen molar-refractivity contribution in [1.82, 2.24) is 19.5 Å². The van der Waals surface area contributed by atoms with E-state index in [0.29, 0.717) is 17.5 Å². The second kappa shape index (κ2) is 14.3. The van der Waals surface area contributed by atoms with Crippen molar-refractivity contribution in [3.05, 3.63) is 218 Å². The molecule has 2 heterocycles. The normalized spacial score (nSPS) is 11.6. The van der Waals surface area contributed by atoms with Gasteiger partial charge in [-0.2, -0.15) is 0 Å². The van der Waals surface area contributed by atoms with Gasteiger partial charge in [-0.1, -0.05) is 170 Å². The minimum atomic E-state index is 0.638. The van der Waals surface area contributed by atoms with Crippen molar-refractivity contribution in [3.8, 4) is 62.1 Å². The van der Waals surface area contributed by atoms with Crippen LogP contribution in [-0.2, 0) is 0 Å². The predicted molar refractivity (Wildman–Crippen MR) is 254 cm³/mol. The van der Waals surface area contributed by atoms with Crippen LogP contribution in [0, 0.1) is 0 Å². The van der Waals surface area contributed by atoms with Gasteiger partial charge in [0.15, 0.2) is 17.5 Å². The molecule has 0 bridgehead atoms. The van der Waals surface area contributed by atoms with Crippen LogP contribution in [0.1, 0.15) is 0 Å². The Morgan fingerprint density at radius 2 is 0.639 bits per heavy atom. The lowest BCUT2D eigenvalue weighted by atomic mass is 9.91. The van der Waals surface area contributed by atoms with Gasteiger partial charge >= 0.3 is 0 Å². The number of hydrogen-bond acceptors (Lipinski definition) is 3. The zero-order valence-electron chi connectivity index (χ0n) is 33.1. The maximum absolute atomic E-state index is 5.16. The molecule has 0 saturated heterocycles. The standard InChI is InChI=1S/C57H36N4/c1-4-15-37(16-5-1)39-19-14-20-42(33-39)56-58-55(38-17-6-2-7-18-38)59-57(60-56)43-28-31-48-47-30-27-40(34-50(47)45-23-10-11-24-46(45)51(48)36-43)41-29-32-54-52(35-41)49-25-12-13-26-53(49)61(54)44-21-8-3-9-22-44/h1-36H. The average Bonchev–Trinajstić information content (AvgIpc) is 3.68. The highest BCUT2D eigenvalue weighted by Gasteiger charge is 2.17. The van der Waals surface area contributed by atoms with E-state index in [-0.39, 0.29) is 0 Å². The number of para-hydroxylation sites is 2. The molecule has 0 amide bonds. The minimum Gasteiger partial charge on any atom is -0.309 e. The summed E-state index contributed by atoms with van der Waals surface area (Å²) in [7, 11) is 0. The van der Waals surface area contributed by atoms with E-state index in [1.165, 1.54) is 59.9 Å². The lowest BCUT2D eigenvalue weighted by Gasteiger charge is -2.14. The Labute approximate surface area is 352 Å². The summed E-state index contributed by atoms with van der Waals surface area (Å²) in [5.74, 6) is 1.92. The van der Waals surface area contributed by atoms with Crippen LogP contribution in [0.5, 0.6) is 0 Å². The van der Waals surface area contributed by atoms with E-state index in [0.717, 1.165) is 38.9 Å². The summed E-state index contributed by atoms with van der Waals surface area (Å²) < 4.78 is 2.37. The van der Waals surface area contributed by atoms with Crippen molar-refractivity contribution in [3.63, 3.8) is 0 Å². The fourth-order valence-corrected chi connectivity index (χ4v) is 9.10. The lowest BCUT2D eigenvalue weighted by Crippen LogP contribution is -2.00. The van der Waals surface area contributed by atoms with Crippen molar-refractivity contribution in [2.45, 2.75) is 0 Å². The maximum atomic E-state index is 5.16. The molecule has 12 rings (SSSR count). The van der Waals surface area contributed by atoms with Gasteiger partial charge in [0.2, 0.25) is 0 Å². The van der Waals surface area contributed by atoms with Crippen molar-refractivity contribution in [1.29, 1.82) is 0 Å².